The van der Waals surface area contributed by atoms with Crippen LogP contribution in [0.1, 0.15) is 19.3 Å². The summed E-state index contributed by atoms with van der Waals surface area (Å²) in [5.41, 5.74) is 0. The highest BCUT2D eigenvalue weighted by Gasteiger charge is 2.27. The fourth-order valence-corrected chi connectivity index (χ4v) is 3.22. The average Bonchev–Trinajstić information content (AvgIpc) is 3.07. The molecule has 0 atom stereocenters. The van der Waals surface area contributed by atoms with Crippen LogP contribution in [0.25, 0.3) is 0 Å². The van der Waals surface area contributed by atoms with E-state index in [9.17, 15) is 4.79 Å². The van der Waals surface area contributed by atoms with Gasteiger partial charge < -0.3 is 9.64 Å². The van der Waals surface area contributed by atoms with Gasteiger partial charge in [-0.1, -0.05) is 0 Å². The van der Waals surface area contributed by atoms with E-state index in [2.05, 4.69) is 10.00 Å². The van der Waals surface area contributed by atoms with E-state index in [-0.39, 0.29) is 5.91 Å². The predicted molar refractivity (Wildman–Crippen MR) is 78.8 cm³/mol. The maximum Gasteiger partial charge on any atom is 0.224 e. The number of carbonyl (C=O) groups is 1. The molecule has 0 spiro atoms. The molecule has 0 unspecified atom stereocenters. The predicted octanol–water partition coefficient (Wildman–Crippen LogP) is 0.596. The van der Waals surface area contributed by atoms with Crippen LogP contribution in [-0.2, 0) is 16.1 Å². The summed E-state index contributed by atoms with van der Waals surface area (Å²) in [5, 5.41) is 4.13. The number of aryl methyl sites for hydroxylation is 1. The first-order chi connectivity index (χ1) is 10.3. The molecule has 0 radical (unpaired) electrons. The highest BCUT2D eigenvalue weighted by atomic mass is 16.5. The van der Waals surface area contributed by atoms with Crippen LogP contribution in [0.2, 0.25) is 0 Å². The Balaban J connectivity index is 1.41. The molecule has 2 aliphatic rings. The molecule has 0 bridgehead atoms. The van der Waals surface area contributed by atoms with E-state index in [1.54, 1.807) is 6.20 Å². The summed E-state index contributed by atoms with van der Waals surface area (Å²) in [6, 6.07) is 2.52. The van der Waals surface area contributed by atoms with Crippen molar-refractivity contribution in [3.05, 3.63) is 18.5 Å². The lowest BCUT2D eigenvalue weighted by atomic mass is 10.0. The molecule has 1 aromatic heterocycles. The second kappa shape index (κ2) is 7.04. The van der Waals surface area contributed by atoms with Gasteiger partial charge in [-0.15, -0.1) is 0 Å². The molecule has 0 saturated carbocycles. The van der Waals surface area contributed by atoms with Gasteiger partial charge in [-0.25, -0.2) is 0 Å². The lowest BCUT2D eigenvalue weighted by molar-refractivity contribution is -0.133. The number of ether oxygens (including phenoxy) is 1. The van der Waals surface area contributed by atoms with Crippen LogP contribution in [0, 0.1) is 0 Å². The lowest BCUT2D eigenvalue weighted by Gasteiger charge is -2.40. The lowest BCUT2D eigenvalue weighted by Crippen LogP contribution is -2.50. The van der Waals surface area contributed by atoms with Crippen molar-refractivity contribution >= 4 is 5.91 Å². The zero-order valence-electron chi connectivity index (χ0n) is 12.5. The second-order valence-corrected chi connectivity index (χ2v) is 5.78. The summed E-state index contributed by atoms with van der Waals surface area (Å²) in [7, 11) is 0. The van der Waals surface area contributed by atoms with E-state index < -0.39 is 0 Å². The van der Waals surface area contributed by atoms with Gasteiger partial charge in [0.25, 0.3) is 0 Å². The van der Waals surface area contributed by atoms with E-state index in [1.165, 1.54) is 0 Å². The summed E-state index contributed by atoms with van der Waals surface area (Å²) >= 11 is 0. The highest BCUT2D eigenvalue weighted by molar-refractivity contribution is 5.76. The van der Waals surface area contributed by atoms with Gasteiger partial charge in [0.05, 0.1) is 13.2 Å². The van der Waals surface area contributed by atoms with Crippen LogP contribution in [0.4, 0.5) is 0 Å². The SMILES string of the molecule is O=C(CCn1cccn1)N1CCC(N2CCOCC2)CC1. The molecule has 2 fully saturated rings. The van der Waals surface area contributed by atoms with E-state index in [0.29, 0.717) is 19.0 Å². The van der Waals surface area contributed by atoms with Crippen molar-refractivity contribution in [1.82, 2.24) is 19.6 Å². The van der Waals surface area contributed by atoms with Crippen molar-refractivity contribution in [1.29, 1.82) is 0 Å². The van der Waals surface area contributed by atoms with Gasteiger partial charge in [-0.2, -0.15) is 5.10 Å². The minimum atomic E-state index is 0.255. The number of amides is 1. The Kier molecular flexibility index (Phi) is 4.87. The average molecular weight is 292 g/mol. The molecule has 0 N–H and O–H groups in total. The van der Waals surface area contributed by atoms with Crippen LogP contribution in [0.15, 0.2) is 18.5 Å². The number of piperidine rings is 1. The van der Waals surface area contributed by atoms with E-state index in [1.807, 2.05) is 21.8 Å². The van der Waals surface area contributed by atoms with Crippen LogP contribution >= 0.6 is 0 Å². The maximum atomic E-state index is 12.2. The molecule has 0 aliphatic carbocycles. The molecular formula is C15H24N4O2. The number of aromatic nitrogens is 2. The monoisotopic (exact) mass is 292 g/mol. The van der Waals surface area contributed by atoms with Gasteiger partial charge >= 0.3 is 0 Å². The summed E-state index contributed by atoms with van der Waals surface area (Å²) in [5.74, 6) is 0.255. The van der Waals surface area contributed by atoms with Crippen LogP contribution in [-0.4, -0.2) is 70.9 Å². The van der Waals surface area contributed by atoms with E-state index >= 15 is 0 Å². The Morgan fingerprint density at radius 3 is 2.62 bits per heavy atom. The van der Waals surface area contributed by atoms with Crippen molar-refractivity contribution in [2.75, 3.05) is 39.4 Å². The first-order valence-electron chi connectivity index (χ1n) is 7.90. The van der Waals surface area contributed by atoms with Crippen molar-refractivity contribution < 1.29 is 9.53 Å². The zero-order valence-corrected chi connectivity index (χ0v) is 12.5. The number of carbonyl (C=O) groups excluding carboxylic acids is 1. The smallest absolute Gasteiger partial charge is 0.224 e. The number of likely N-dealkylation sites (tertiary alicyclic amines) is 1. The normalized spacial score (nSPS) is 21.6. The molecule has 6 nitrogen and oxygen atoms in total. The third-order valence-electron chi connectivity index (χ3n) is 4.49. The standard InChI is InChI=1S/C15H24N4O2/c20-15(4-9-19-6-1-5-16-19)18-7-2-14(3-8-18)17-10-12-21-13-11-17/h1,5-6,14H,2-4,7-13H2. The maximum absolute atomic E-state index is 12.2. The molecule has 3 heterocycles. The third-order valence-corrected chi connectivity index (χ3v) is 4.49. The number of nitrogens with zero attached hydrogens (tertiary/aromatic N) is 4. The Morgan fingerprint density at radius 1 is 1.19 bits per heavy atom. The number of rotatable bonds is 4. The first-order valence-corrected chi connectivity index (χ1v) is 7.90. The summed E-state index contributed by atoms with van der Waals surface area (Å²) in [6.07, 6.45) is 6.38. The van der Waals surface area contributed by atoms with E-state index in [0.717, 1.165) is 52.2 Å². The minimum Gasteiger partial charge on any atom is -0.379 e. The Labute approximate surface area is 125 Å². The van der Waals surface area contributed by atoms with Gasteiger partial charge in [-0.3, -0.25) is 14.4 Å². The van der Waals surface area contributed by atoms with Crippen LogP contribution in [0.5, 0.6) is 0 Å². The van der Waals surface area contributed by atoms with Crippen LogP contribution in [0.3, 0.4) is 0 Å². The van der Waals surface area contributed by atoms with Crippen molar-refractivity contribution in [3.63, 3.8) is 0 Å². The number of morpholine rings is 1. The third kappa shape index (κ3) is 3.83. The van der Waals surface area contributed by atoms with Gasteiger partial charge in [-0.05, 0) is 18.9 Å². The second-order valence-electron chi connectivity index (χ2n) is 5.78. The first kappa shape index (κ1) is 14.5. The van der Waals surface area contributed by atoms with Crippen molar-refractivity contribution in [2.24, 2.45) is 0 Å². The Hall–Kier alpha value is -1.40. The van der Waals surface area contributed by atoms with Gasteiger partial charge in [0.1, 0.15) is 0 Å². The molecule has 1 aromatic rings. The fraction of sp³-hybridized carbons (Fsp3) is 0.733. The van der Waals surface area contributed by atoms with Crippen LogP contribution < -0.4 is 0 Å². The summed E-state index contributed by atoms with van der Waals surface area (Å²) in [4.78, 5) is 16.8. The molecule has 0 aromatic carbocycles. The Morgan fingerprint density at radius 2 is 1.95 bits per heavy atom. The topological polar surface area (TPSA) is 50.6 Å². The Bertz CT molecular complexity index is 435. The molecule has 6 heteroatoms. The number of hydrogen-bond acceptors (Lipinski definition) is 4. The fourth-order valence-electron chi connectivity index (χ4n) is 3.22. The molecule has 2 saturated heterocycles. The quantitative estimate of drug-likeness (QED) is 0.815. The molecule has 21 heavy (non-hydrogen) atoms. The van der Waals surface area contributed by atoms with E-state index in [4.69, 9.17) is 4.74 Å². The summed E-state index contributed by atoms with van der Waals surface area (Å²) in [6.45, 7) is 6.23. The molecule has 116 valence electrons. The van der Waals surface area contributed by atoms with Gasteiger partial charge in [0, 0.05) is 57.6 Å². The van der Waals surface area contributed by atoms with Gasteiger partial charge in [0.15, 0.2) is 0 Å². The largest absolute Gasteiger partial charge is 0.379 e. The molecule has 3 rings (SSSR count). The van der Waals surface area contributed by atoms with Gasteiger partial charge in [0.2, 0.25) is 5.91 Å². The molecule has 1 amide bonds. The summed E-state index contributed by atoms with van der Waals surface area (Å²) < 4.78 is 7.22. The highest BCUT2D eigenvalue weighted by Crippen LogP contribution is 2.18. The number of hydrogen-bond donors (Lipinski definition) is 0. The minimum absolute atomic E-state index is 0.255. The van der Waals surface area contributed by atoms with Crippen molar-refractivity contribution in [3.8, 4) is 0 Å². The molecule has 2 aliphatic heterocycles. The molecular weight excluding hydrogens is 268 g/mol. The van der Waals surface area contributed by atoms with Crippen molar-refractivity contribution in [2.45, 2.75) is 31.8 Å². The zero-order chi connectivity index (χ0) is 14.5.